The summed E-state index contributed by atoms with van der Waals surface area (Å²) in [5, 5.41) is 14.2. The molecular formula is C19H16Cl2N2O4S. The first-order chi connectivity index (χ1) is 13.2. The zero-order chi connectivity index (χ0) is 20.7. The van der Waals surface area contributed by atoms with Crippen LogP contribution in [-0.2, 0) is 14.4 Å². The summed E-state index contributed by atoms with van der Waals surface area (Å²) in [6.45, 7) is 1.74. The third-order valence-electron chi connectivity index (χ3n) is 3.35. The largest absolute Gasteiger partial charge is 0.478 e. The van der Waals surface area contributed by atoms with Crippen LogP contribution in [0.1, 0.15) is 6.92 Å². The molecule has 1 atom stereocenters. The highest BCUT2D eigenvalue weighted by Crippen LogP contribution is 2.29. The molecule has 3 N–H and O–H groups in total. The molecule has 9 heteroatoms. The first-order valence-electron chi connectivity index (χ1n) is 7.99. The van der Waals surface area contributed by atoms with E-state index in [0.717, 1.165) is 17.0 Å². The highest BCUT2D eigenvalue weighted by atomic mass is 35.5. The van der Waals surface area contributed by atoms with Crippen LogP contribution in [-0.4, -0.2) is 28.1 Å². The number of carbonyl (C=O) groups is 3. The van der Waals surface area contributed by atoms with E-state index in [2.05, 4.69) is 10.6 Å². The number of carboxylic acids is 1. The van der Waals surface area contributed by atoms with E-state index in [4.69, 9.17) is 28.3 Å². The lowest BCUT2D eigenvalue weighted by Gasteiger charge is -2.14. The summed E-state index contributed by atoms with van der Waals surface area (Å²) in [5.41, 5.74) is 0.952. The van der Waals surface area contributed by atoms with Crippen LogP contribution in [0.25, 0.3) is 0 Å². The predicted molar refractivity (Wildman–Crippen MR) is 112 cm³/mol. The van der Waals surface area contributed by atoms with Crippen molar-refractivity contribution in [3.8, 4) is 0 Å². The fourth-order valence-electron chi connectivity index (χ4n) is 2.06. The van der Waals surface area contributed by atoms with Crippen LogP contribution in [0.15, 0.2) is 59.5 Å². The average molecular weight is 439 g/mol. The summed E-state index contributed by atoms with van der Waals surface area (Å²) in [4.78, 5) is 35.3. The van der Waals surface area contributed by atoms with Crippen molar-refractivity contribution >= 4 is 64.1 Å². The maximum Gasteiger partial charge on any atom is 0.328 e. The van der Waals surface area contributed by atoms with Gasteiger partial charge in [-0.05, 0) is 43.3 Å². The molecule has 0 aromatic heterocycles. The molecule has 1 unspecified atom stereocenters. The summed E-state index contributed by atoms with van der Waals surface area (Å²) in [6.07, 6.45) is 1.68. The third-order valence-corrected chi connectivity index (χ3v) is 4.99. The molecule has 28 heavy (non-hydrogen) atoms. The van der Waals surface area contributed by atoms with Crippen LogP contribution in [0.4, 0.5) is 11.4 Å². The molecule has 146 valence electrons. The van der Waals surface area contributed by atoms with Gasteiger partial charge in [-0.15, -0.1) is 11.8 Å². The molecule has 0 spiro atoms. The monoisotopic (exact) mass is 438 g/mol. The van der Waals surface area contributed by atoms with Crippen molar-refractivity contribution < 1.29 is 19.5 Å². The number of rotatable bonds is 7. The van der Waals surface area contributed by atoms with Gasteiger partial charge in [0.15, 0.2) is 0 Å². The van der Waals surface area contributed by atoms with Crippen LogP contribution < -0.4 is 10.6 Å². The molecule has 0 saturated carbocycles. The summed E-state index contributed by atoms with van der Waals surface area (Å²) in [6, 6.07) is 11.7. The summed E-state index contributed by atoms with van der Waals surface area (Å²) in [5.74, 6) is -2.01. The van der Waals surface area contributed by atoms with E-state index in [1.165, 1.54) is 11.8 Å². The topological polar surface area (TPSA) is 95.5 Å². The van der Waals surface area contributed by atoms with Gasteiger partial charge >= 0.3 is 5.97 Å². The number of halogens is 2. The Morgan fingerprint density at radius 2 is 1.82 bits per heavy atom. The van der Waals surface area contributed by atoms with Crippen molar-refractivity contribution in [1.29, 1.82) is 0 Å². The van der Waals surface area contributed by atoms with Crippen LogP contribution in [0.3, 0.4) is 0 Å². The van der Waals surface area contributed by atoms with Crippen molar-refractivity contribution in [2.75, 3.05) is 10.6 Å². The van der Waals surface area contributed by atoms with Crippen LogP contribution in [0, 0.1) is 0 Å². The smallest absolute Gasteiger partial charge is 0.328 e. The van der Waals surface area contributed by atoms with Gasteiger partial charge < -0.3 is 15.7 Å². The summed E-state index contributed by atoms with van der Waals surface area (Å²) >= 11 is 13.2. The van der Waals surface area contributed by atoms with Gasteiger partial charge in [0.2, 0.25) is 11.8 Å². The van der Waals surface area contributed by atoms with Crippen molar-refractivity contribution in [3.05, 3.63) is 64.7 Å². The minimum atomic E-state index is -1.21. The molecule has 2 rings (SSSR count). The molecule has 2 aromatic rings. The molecule has 0 aliphatic rings. The first-order valence-corrected chi connectivity index (χ1v) is 9.63. The fraction of sp³-hybridized carbons (Fsp3) is 0.105. The Hall–Kier alpha value is -2.48. The molecule has 0 bridgehead atoms. The highest BCUT2D eigenvalue weighted by molar-refractivity contribution is 8.00. The van der Waals surface area contributed by atoms with Gasteiger partial charge in [0.05, 0.1) is 16.0 Å². The van der Waals surface area contributed by atoms with E-state index in [-0.39, 0.29) is 5.91 Å². The Kier molecular flexibility index (Phi) is 7.92. The lowest BCUT2D eigenvalue weighted by atomic mass is 10.3. The second-order valence-electron chi connectivity index (χ2n) is 5.56. The van der Waals surface area contributed by atoms with Crippen molar-refractivity contribution in [2.45, 2.75) is 17.1 Å². The molecule has 0 radical (unpaired) electrons. The Morgan fingerprint density at radius 3 is 2.50 bits per heavy atom. The molecule has 2 aromatic carbocycles. The number of hydrogen-bond acceptors (Lipinski definition) is 4. The van der Waals surface area contributed by atoms with Gasteiger partial charge in [-0.2, -0.15) is 0 Å². The molecule has 0 aliphatic heterocycles. The Balaban J connectivity index is 1.99. The van der Waals surface area contributed by atoms with Gasteiger partial charge in [-0.1, -0.05) is 29.3 Å². The SMILES string of the molecule is CC(Sc1cccc(NC(=O)/C=C/C(=O)O)c1)C(=O)Nc1ccc(Cl)cc1Cl. The molecule has 6 nitrogen and oxygen atoms in total. The lowest BCUT2D eigenvalue weighted by Crippen LogP contribution is -2.22. The first kappa shape index (κ1) is 21.8. The van der Waals surface area contributed by atoms with Crippen LogP contribution in [0.2, 0.25) is 10.0 Å². The van der Waals surface area contributed by atoms with Crippen molar-refractivity contribution in [1.82, 2.24) is 0 Å². The van der Waals surface area contributed by atoms with Gasteiger partial charge in [-0.25, -0.2) is 4.79 Å². The van der Waals surface area contributed by atoms with Gasteiger partial charge in [-0.3, -0.25) is 9.59 Å². The van der Waals surface area contributed by atoms with E-state index in [0.29, 0.717) is 21.4 Å². The number of thioether (sulfide) groups is 1. The van der Waals surface area contributed by atoms with E-state index in [1.54, 1.807) is 49.4 Å². The maximum atomic E-state index is 12.4. The minimum absolute atomic E-state index is 0.243. The quantitative estimate of drug-likeness (QED) is 0.430. The Bertz CT molecular complexity index is 934. The standard InChI is InChI=1S/C19H16Cl2N2O4S/c1-11(19(27)23-16-6-5-12(20)9-15(16)21)28-14-4-2-3-13(10-14)22-17(24)7-8-18(25)26/h2-11H,1H3,(H,22,24)(H,23,27)(H,25,26)/b8-7+. The van der Waals surface area contributed by atoms with Crippen LogP contribution >= 0.6 is 35.0 Å². The third kappa shape index (κ3) is 6.92. The number of amides is 2. The second kappa shape index (κ2) is 10.2. The number of hydrogen-bond donors (Lipinski definition) is 3. The number of carboxylic acid groups (broad SMARTS) is 1. The average Bonchev–Trinajstić information content (AvgIpc) is 2.62. The van der Waals surface area contributed by atoms with Crippen molar-refractivity contribution in [3.63, 3.8) is 0 Å². The summed E-state index contributed by atoms with van der Waals surface area (Å²) < 4.78 is 0. The molecule has 0 fully saturated rings. The van der Waals surface area contributed by atoms with Crippen molar-refractivity contribution in [2.24, 2.45) is 0 Å². The number of benzene rings is 2. The lowest BCUT2D eigenvalue weighted by molar-refractivity contribution is -0.131. The molecular weight excluding hydrogens is 423 g/mol. The zero-order valence-electron chi connectivity index (χ0n) is 14.6. The zero-order valence-corrected chi connectivity index (χ0v) is 16.9. The Morgan fingerprint density at radius 1 is 1.07 bits per heavy atom. The summed E-state index contributed by atoms with van der Waals surface area (Å²) in [7, 11) is 0. The van der Waals surface area contributed by atoms with Gasteiger partial charge in [0.25, 0.3) is 0 Å². The minimum Gasteiger partial charge on any atom is -0.478 e. The molecule has 0 heterocycles. The molecule has 0 aliphatic carbocycles. The van der Waals surface area contributed by atoms with Gasteiger partial charge in [0.1, 0.15) is 0 Å². The van der Waals surface area contributed by atoms with Crippen LogP contribution in [0.5, 0.6) is 0 Å². The number of nitrogens with one attached hydrogen (secondary N) is 2. The predicted octanol–water partition coefficient (Wildman–Crippen LogP) is 4.69. The maximum absolute atomic E-state index is 12.4. The van der Waals surface area contributed by atoms with Gasteiger partial charge in [0, 0.05) is 27.8 Å². The number of anilines is 2. The Labute approximate surface area is 175 Å². The molecule has 0 saturated heterocycles. The number of aliphatic carboxylic acids is 1. The second-order valence-corrected chi connectivity index (χ2v) is 7.82. The van der Waals surface area contributed by atoms with E-state index in [1.807, 2.05) is 0 Å². The van der Waals surface area contributed by atoms with E-state index >= 15 is 0 Å². The van der Waals surface area contributed by atoms with E-state index in [9.17, 15) is 14.4 Å². The fourth-order valence-corrected chi connectivity index (χ4v) is 3.44. The highest BCUT2D eigenvalue weighted by Gasteiger charge is 2.16. The number of carbonyl (C=O) groups excluding carboxylic acids is 2. The normalized spacial score (nSPS) is 11.8. The van der Waals surface area contributed by atoms with E-state index < -0.39 is 17.1 Å². The molecule has 2 amide bonds.